The van der Waals surface area contributed by atoms with Crippen LogP contribution in [-0.2, 0) is 4.79 Å². The van der Waals surface area contributed by atoms with E-state index in [0.717, 1.165) is 35.1 Å². The molecule has 2 N–H and O–H groups in total. The summed E-state index contributed by atoms with van der Waals surface area (Å²) in [6.45, 7) is 2.69. The number of rotatable bonds is 7. The number of hydrogen-bond acceptors (Lipinski definition) is 7. The number of allylic oxidation sites excluding steroid dienone is 1. The summed E-state index contributed by atoms with van der Waals surface area (Å²) < 4.78 is 10.8. The number of methoxy groups -OCH3 is 2. The fourth-order valence-electron chi connectivity index (χ4n) is 4.84. The highest BCUT2D eigenvalue weighted by Crippen LogP contribution is 2.40. The minimum Gasteiger partial charge on any atom is -0.496 e. The highest BCUT2D eigenvalue weighted by Gasteiger charge is 2.37. The van der Waals surface area contributed by atoms with Crippen molar-refractivity contribution in [3.8, 4) is 11.5 Å². The van der Waals surface area contributed by atoms with Crippen LogP contribution in [0.3, 0.4) is 0 Å². The number of ether oxygens (including phenoxy) is 2. The van der Waals surface area contributed by atoms with Crippen LogP contribution in [0.25, 0.3) is 0 Å². The number of fused-ring (bicyclic) bond motifs is 1. The standard InChI is InChI=1S/C30H30N4O4S/c1-19-25(28(35)32-21-9-5-4-6-10-21)27(34-17-8-18-39-30(34)31-19)20-13-15-22(16-14-20)33-29(36)26-23(37-2)11-7-12-24(26)38-3/h4-7,9-16,27H,8,17-18H2,1-3H3,(H,32,35)(H,33,36). The Morgan fingerprint density at radius 1 is 0.872 bits per heavy atom. The SMILES string of the molecule is COc1cccc(OC)c1C(=O)Nc1ccc(C2C(C(=O)Nc3ccccc3)=C(C)N=C3SCCCN32)cc1. The number of aliphatic imine (C=N–C) groups is 1. The Bertz CT molecular complexity index is 1410. The Morgan fingerprint density at radius 3 is 2.18 bits per heavy atom. The number of carbonyl (C=O) groups excluding carboxylic acids is 2. The van der Waals surface area contributed by atoms with E-state index in [-0.39, 0.29) is 17.9 Å². The van der Waals surface area contributed by atoms with Crippen molar-refractivity contribution < 1.29 is 19.1 Å². The number of amides is 2. The predicted molar refractivity (Wildman–Crippen MR) is 156 cm³/mol. The van der Waals surface area contributed by atoms with Gasteiger partial charge in [0.25, 0.3) is 11.8 Å². The molecule has 2 heterocycles. The molecule has 2 aliphatic rings. The van der Waals surface area contributed by atoms with Crippen LogP contribution >= 0.6 is 11.8 Å². The summed E-state index contributed by atoms with van der Waals surface area (Å²) in [4.78, 5) is 33.7. The quantitative estimate of drug-likeness (QED) is 0.397. The molecule has 0 radical (unpaired) electrons. The van der Waals surface area contributed by atoms with Gasteiger partial charge in [-0.3, -0.25) is 9.59 Å². The highest BCUT2D eigenvalue weighted by molar-refractivity contribution is 8.13. The number of hydrogen-bond donors (Lipinski definition) is 2. The van der Waals surface area contributed by atoms with Crippen molar-refractivity contribution >= 4 is 40.1 Å². The Morgan fingerprint density at radius 2 is 1.51 bits per heavy atom. The Hall–Kier alpha value is -4.24. The molecule has 5 rings (SSSR count). The molecule has 0 bridgehead atoms. The van der Waals surface area contributed by atoms with Gasteiger partial charge in [-0.05, 0) is 55.3 Å². The van der Waals surface area contributed by atoms with Gasteiger partial charge in [0.2, 0.25) is 0 Å². The molecule has 1 fully saturated rings. The Balaban J connectivity index is 1.44. The molecule has 1 atom stereocenters. The smallest absolute Gasteiger partial charge is 0.263 e. The molecule has 2 amide bonds. The van der Waals surface area contributed by atoms with E-state index < -0.39 is 0 Å². The lowest BCUT2D eigenvalue weighted by Gasteiger charge is -2.41. The number of thioether (sulfide) groups is 1. The number of nitrogens with one attached hydrogen (secondary N) is 2. The Kier molecular flexibility index (Phi) is 7.88. The fourth-order valence-corrected chi connectivity index (χ4v) is 5.86. The first-order chi connectivity index (χ1) is 19.0. The van der Waals surface area contributed by atoms with E-state index in [2.05, 4.69) is 15.5 Å². The third-order valence-corrected chi connectivity index (χ3v) is 7.75. The van der Waals surface area contributed by atoms with Gasteiger partial charge >= 0.3 is 0 Å². The molecule has 9 heteroatoms. The molecular weight excluding hydrogens is 512 g/mol. The maximum atomic E-state index is 13.6. The molecule has 1 saturated heterocycles. The zero-order valence-corrected chi connectivity index (χ0v) is 22.9. The number of anilines is 2. The fraction of sp³-hybridized carbons (Fsp3) is 0.233. The molecule has 3 aromatic rings. The van der Waals surface area contributed by atoms with Crippen LogP contribution in [-0.4, -0.2) is 48.4 Å². The third-order valence-electron chi connectivity index (χ3n) is 6.67. The zero-order chi connectivity index (χ0) is 27.4. The minimum atomic E-state index is -0.338. The first-order valence-electron chi connectivity index (χ1n) is 12.7. The highest BCUT2D eigenvalue weighted by atomic mass is 32.2. The lowest BCUT2D eigenvalue weighted by atomic mass is 9.93. The maximum absolute atomic E-state index is 13.6. The van der Waals surface area contributed by atoms with E-state index in [1.807, 2.05) is 61.5 Å². The largest absolute Gasteiger partial charge is 0.496 e. The van der Waals surface area contributed by atoms with Crippen molar-refractivity contribution in [3.63, 3.8) is 0 Å². The molecule has 2 aliphatic heterocycles. The first kappa shape index (κ1) is 26.4. The van der Waals surface area contributed by atoms with E-state index in [4.69, 9.17) is 14.5 Å². The monoisotopic (exact) mass is 542 g/mol. The van der Waals surface area contributed by atoms with E-state index in [1.54, 1.807) is 30.0 Å². The van der Waals surface area contributed by atoms with Crippen molar-refractivity contribution in [1.29, 1.82) is 0 Å². The van der Waals surface area contributed by atoms with Gasteiger partial charge in [0.1, 0.15) is 17.1 Å². The molecule has 0 aliphatic carbocycles. The maximum Gasteiger partial charge on any atom is 0.263 e. The summed E-state index contributed by atoms with van der Waals surface area (Å²) in [5.74, 6) is 1.33. The second-order valence-electron chi connectivity index (χ2n) is 9.13. The second-order valence-corrected chi connectivity index (χ2v) is 10.2. The van der Waals surface area contributed by atoms with E-state index in [1.165, 1.54) is 14.2 Å². The summed E-state index contributed by atoms with van der Waals surface area (Å²) in [7, 11) is 3.03. The van der Waals surface area contributed by atoms with Crippen LogP contribution in [0.1, 0.15) is 35.3 Å². The summed E-state index contributed by atoms with van der Waals surface area (Å²) >= 11 is 1.71. The molecule has 0 aromatic heterocycles. The first-order valence-corrected chi connectivity index (χ1v) is 13.7. The lowest BCUT2D eigenvalue weighted by Crippen LogP contribution is -2.43. The molecule has 39 heavy (non-hydrogen) atoms. The summed E-state index contributed by atoms with van der Waals surface area (Å²) in [5, 5.41) is 6.90. The van der Waals surface area contributed by atoms with Gasteiger partial charge < -0.3 is 25.0 Å². The molecule has 8 nitrogen and oxygen atoms in total. The number of benzene rings is 3. The van der Waals surface area contributed by atoms with Gasteiger partial charge in [-0.25, -0.2) is 4.99 Å². The predicted octanol–water partition coefficient (Wildman–Crippen LogP) is 5.72. The summed E-state index contributed by atoms with van der Waals surface area (Å²) in [5.41, 5.74) is 3.92. The number of carbonyl (C=O) groups is 2. The van der Waals surface area contributed by atoms with Gasteiger partial charge in [-0.2, -0.15) is 0 Å². The average molecular weight is 543 g/mol. The Labute approximate surface area is 232 Å². The summed E-state index contributed by atoms with van der Waals surface area (Å²) in [6.07, 6.45) is 1.00. The van der Waals surface area contributed by atoms with Crippen molar-refractivity contribution in [2.45, 2.75) is 19.4 Å². The lowest BCUT2D eigenvalue weighted by molar-refractivity contribution is -0.113. The van der Waals surface area contributed by atoms with Gasteiger partial charge in [0.05, 0.1) is 31.5 Å². The number of para-hydroxylation sites is 1. The van der Waals surface area contributed by atoms with Crippen LogP contribution in [0.2, 0.25) is 0 Å². The number of amidine groups is 1. The van der Waals surface area contributed by atoms with Crippen LogP contribution in [0, 0.1) is 0 Å². The van der Waals surface area contributed by atoms with Crippen LogP contribution in [0.5, 0.6) is 11.5 Å². The van der Waals surface area contributed by atoms with Gasteiger partial charge in [0.15, 0.2) is 5.17 Å². The van der Waals surface area contributed by atoms with Crippen molar-refractivity contribution in [3.05, 3.63) is 95.2 Å². The van der Waals surface area contributed by atoms with Crippen molar-refractivity contribution in [2.24, 2.45) is 4.99 Å². The third kappa shape index (κ3) is 5.49. The van der Waals surface area contributed by atoms with Crippen LogP contribution in [0.15, 0.2) is 89.1 Å². The molecule has 0 spiro atoms. The normalized spacial score (nSPS) is 16.6. The van der Waals surface area contributed by atoms with E-state index in [9.17, 15) is 9.59 Å². The van der Waals surface area contributed by atoms with Crippen molar-refractivity contribution in [2.75, 3.05) is 37.2 Å². The topological polar surface area (TPSA) is 92.3 Å². The minimum absolute atomic E-state index is 0.178. The van der Waals surface area contributed by atoms with Crippen LogP contribution in [0.4, 0.5) is 11.4 Å². The molecule has 3 aromatic carbocycles. The van der Waals surface area contributed by atoms with Gasteiger partial charge in [-0.15, -0.1) is 0 Å². The van der Waals surface area contributed by atoms with Crippen molar-refractivity contribution in [1.82, 2.24) is 4.90 Å². The number of nitrogens with zero attached hydrogens (tertiary/aromatic N) is 2. The summed E-state index contributed by atoms with van der Waals surface area (Å²) in [6, 6.07) is 21.9. The molecule has 200 valence electrons. The molecule has 0 saturated carbocycles. The van der Waals surface area contributed by atoms with Gasteiger partial charge in [0, 0.05) is 23.7 Å². The van der Waals surface area contributed by atoms with Gasteiger partial charge in [-0.1, -0.05) is 48.2 Å². The van der Waals surface area contributed by atoms with E-state index in [0.29, 0.717) is 34.0 Å². The van der Waals surface area contributed by atoms with Crippen LogP contribution < -0.4 is 20.1 Å². The molecule has 1 unspecified atom stereocenters. The zero-order valence-electron chi connectivity index (χ0n) is 22.1. The average Bonchev–Trinajstić information content (AvgIpc) is 2.96. The molecular formula is C30H30N4O4S. The van der Waals surface area contributed by atoms with E-state index >= 15 is 0 Å². The second kappa shape index (κ2) is 11.7.